The van der Waals surface area contributed by atoms with E-state index in [-0.39, 0.29) is 22.8 Å². The average molecular weight is 392 g/mol. The van der Waals surface area contributed by atoms with E-state index in [0.717, 1.165) is 0 Å². The van der Waals surface area contributed by atoms with Crippen molar-refractivity contribution in [3.05, 3.63) is 42.0 Å². The van der Waals surface area contributed by atoms with Crippen molar-refractivity contribution in [2.24, 2.45) is 5.92 Å². The molecule has 1 aliphatic rings. The van der Waals surface area contributed by atoms with Gasteiger partial charge in [-0.15, -0.1) is 0 Å². The second kappa shape index (κ2) is 8.62. The van der Waals surface area contributed by atoms with Crippen LogP contribution < -0.4 is 10.0 Å². The molecule has 1 saturated carbocycles. The fraction of sp³-hybridized carbons (Fsp3) is 0.500. The fourth-order valence-corrected chi connectivity index (χ4v) is 4.49. The number of carbonyl (C=O) groups excluding carboxylic acids is 1. The topological polar surface area (TPSA) is 114 Å². The van der Waals surface area contributed by atoms with E-state index in [4.69, 9.17) is 4.52 Å². The van der Waals surface area contributed by atoms with E-state index >= 15 is 0 Å². The van der Waals surface area contributed by atoms with Crippen LogP contribution >= 0.6 is 0 Å². The first-order valence-corrected chi connectivity index (χ1v) is 10.6. The van der Waals surface area contributed by atoms with Crippen molar-refractivity contribution in [3.8, 4) is 0 Å². The molecule has 0 spiro atoms. The van der Waals surface area contributed by atoms with Crippen molar-refractivity contribution >= 4 is 15.9 Å². The Bertz CT molecular complexity index is 866. The van der Waals surface area contributed by atoms with Gasteiger partial charge >= 0.3 is 0 Å². The summed E-state index contributed by atoms with van der Waals surface area (Å²) in [6.45, 7) is 2.36. The number of aryl methyl sites for hydroxylation is 1. The van der Waals surface area contributed by atoms with E-state index in [1.807, 2.05) is 6.92 Å². The Hall–Kier alpha value is -2.26. The number of amides is 1. The molecule has 27 heavy (non-hydrogen) atoms. The molecule has 1 amide bonds. The molecule has 0 unspecified atom stereocenters. The number of aromatic nitrogens is 2. The molecule has 1 fully saturated rings. The largest absolute Gasteiger partial charge is 0.355 e. The van der Waals surface area contributed by atoms with E-state index in [0.29, 0.717) is 50.4 Å². The summed E-state index contributed by atoms with van der Waals surface area (Å²) >= 11 is 0. The van der Waals surface area contributed by atoms with Gasteiger partial charge in [-0.2, -0.15) is 4.98 Å². The third-order valence-electron chi connectivity index (χ3n) is 4.64. The van der Waals surface area contributed by atoms with Crippen LogP contribution in [-0.2, 0) is 27.7 Å². The highest BCUT2D eigenvalue weighted by atomic mass is 32.2. The molecule has 1 aromatic heterocycles. The fourth-order valence-electron chi connectivity index (χ4n) is 3.19. The highest BCUT2D eigenvalue weighted by Gasteiger charge is 2.32. The Morgan fingerprint density at radius 1 is 1.26 bits per heavy atom. The maximum absolute atomic E-state index is 12.4. The van der Waals surface area contributed by atoms with Gasteiger partial charge < -0.3 is 9.84 Å². The van der Waals surface area contributed by atoms with Crippen LogP contribution in [0, 0.1) is 5.92 Å². The second-order valence-corrected chi connectivity index (χ2v) is 8.35. The van der Waals surface area contributed by atoms with Gasteiger partial charge in [0.05, 0.1) is 4.90 Å². The lowest BCUT2D eigenvalue weighted by molar-refractivity contribution is -0.124. The van der Waals surface area contributed by atoms with Crippen LogP contribution in [0.4, 0.5) is 0 Å². The monoisotopic (exact) mass is 392 g/mol. The molecular weight excluding hydrogens is 368 g/mol. The number of sulfonamides is 1. The van der Waals surface area contributed by atoms with Gasteiger partial charge in [0.2, 0.25) is 21.8 Å². The minimum atomic E-state index is -3.56. The van der Waals surface area contributed by atoms with Crippen LogP contribution in [0.1, 0.15) is 37.9 Å². The summed E-state index contributed by atoms with van der Waals surface area (Å²) in [5.74, 6) is 0.904. The Kier molecular flexibility index (Phi) is 6.22. The molecule has 3 rings (SSSR count). The van der Waals surface area contributed by atoms with Gasteiger partial charge in [0.25, 0.3) is 0 Å². The summed E-state index contributed by atoms with van der Waals surface area (Å²) < 4.78 is 32.6. The molecule has 2 aromatic rings. The number of rotatable bonds is 8. The predicted octanol–water partition coefficient (Wildman–Crippen LogP) is 1.44. The van der Waals surface area contributed by atoms with Crippen LogP contribution in [0.2, 0.25) is 0 Å². The molecular formula is C18H24N4O4S. The summed E-state index contributed by atoms with van der Waals surface area (Å²) in [6.07, 6.45) is 2.99. The van der Waals surface area contributed by atoms with Gasteiger partial charge in [0.15, 0.2) is 5.82 Å². The van der Waals surface area contributed by atoms with E-state index in [1.165, 1.54) is 0 Å². The molecule has 8 nitrogen and oxygen atoms in total. The van der Waals surface area contributed by atoms with Crippen LogP contribution in [0.5, 0.6) is 0 Å². The van der Waals surface area contributed by atoms with Crippen molar-refractivity contribution in [2.45, 2.75) is 50.0 Å². The first kappa shape index (κ1) is 19.5. The number of nitrogens with one attached hydrogen (secondary N) is 2. The van der Waals surface area contributed by atoms with Gasteiger partial charge in [-0.3, -0.25) is 4.79 Å². The Labute approximate surface area is 158 Å². The summed E-state index contributed by atoms with van der Waals surface area (Å²) in [4.78, 5) is 16.8. The zero-order valence-electron chi connectivity index (χ0n) is 15.2. The summed E-state index contributed by atoms with van der Waals surface area (Å²) in [5.41, 5.74) is 0. The van der Waals surface area contributed by atoms with Gasteiger partial charge in [0.1, 0.15) is 0 Å². The quantitative estimate of drug-likeness (QED) is 0.703. The number of benzene rings is 1. The van der Waals surface area contributed by atoms with Crippen molar-refractivity contribution in [3.63, 3.8) is 0 Å². The SMILES string of the molecule is CCc1noc(CCNC(=O)[C@H]2CC[C@@H](NS(=O)(=O)c3ccccc3)C2)n1. The Morgan fingerprint density at radius 2 is 2.04 bits per heavy atom. The molecule has 0 radical (unpaired) electrons. The maximum atomic E-state index is 12.4. The molecule has 0 aliphatic heterocycles. The smallest absolute Gasteiger partial charge is 0.240 e. The lowest BCUT2D eigenvalue weighted by Crippen LogP contribution is -2.35. The van der Waals surface area contributed by atoms with Gasteiger partial charge in [-0.05, 0) is 31.4 Å². The van der Waals surface area contributed by atoms with Crippen LogP contribution in [0.3, 0.4) is 0 Å². The molecule has 146 valence electrons. The Morgan fingerprint density at radius 3 is 2.74 bits per heavy atom. The number of nitrogens with zero attached hydrogens (tertiary/aromatic N) is 2. The van der Waals surface area contributed by atoms with E-state index < -0.39 is 10.0 Å². The molecule has 1 aliphatic carbocycles. The third-order valence-corrected chi connectivity index (χ3v) is 6.18. The molecule has 1 heterocycles. The number of carbonyl (C=O) groups is 1. The number of hydrogen-bond acceptors (Lipinski definition) is 6. The van der Waals surface area contributed by atoms with E-state index in [1.54, 1.807) is 30.3 Å². The molecule has 2 N–H and O–H groups in total. The molecule has 9 heteroatoms. The van der Waals surface area contributed by atoms with E-state index in [9.17, 15) is 13.2 Å². The number of hydrogen-bond donors (Lipinski definition) is 2. The van der Waals surface area contributed by atoms with Crippen molar-refractivity contribution in [2.75, 3.05) is 6.54 Å². The molecule has 0 saturated heterocycles. The zero-order valence-corrected chi connectivity index (χ0v) is 16.0. The Balaban J connectivity index is 1.45. The standard InChI is InChI=1S/C18H24N4O4S/c1-2-16-20-17(26-21-16)10-11-19-18(23)13-8-9-14(12-13)22-27(24,25)15-6-4-3-5-7-15/h3-7,13-14,22H,2,8-12H2,1H3,(H,19,23)/t13-,14+/m0/s1. The maximum Gasteiger partial charge on any atom is 0.240 e. The normalized spacial score (nSPS) is 19.9. The molecule has 1 aromatic carbocycles. The second-order valence-electron chi connectivity index (χ2n) is 6.64. The first-order valence-electron chi connectivity index (χ1n) is 9.14. The third kappa shape index (κ3) is 5.14. The molecule has 0 bridgehead atoms. The lowest BCUT2D eigenvalue weighted by atomic mass is 10.1. The summed E-state index contributed by atoms with van der Waals surface area (Å²) in [6, 6.07) is 8.03. The van der Waals surface area contributed by atoms with Crippen molar-refractivity contribution in [1.82, 2.24) is 20.2 Å². The minimum absolute atomic E-state index is 0.0633. The van der Waals surface area contributed by atoms with Gasteiger partial charge in [-0.1, -0.05) is 30.3 Å². The first-order chi connectivity index (χ1) is 13.0. The van der Waals surface area contributed by atoms with Crippen molar-refractivity contribution < 1.29 is 17.7 Å². The predicted molar refractivity (Wildman–Crippen MR) is 98.3 cm³/mol. The van der Waals surface area contributed by atoms with Gasteiger partial charge in [0, 0.05) is 31.3 Å². The van der Waals surface area contributed by atoms with Crippen LogP contribution in [0.25, 0.3) is 0 Å². The highest BCUT2D eigenvalue weighted by molar-refractivity contribution is 7.89. The van der Waals surface area contributed by atoms with Crippen LogP contribution in [0.15, 0.2) is 39.8 Å². The van der Waals surface area contributed by atoms with Crippen LogP contribution in [-0.4, -0.2) is 37.1 Å². The van der Waals surface area contributed by atoms with Gasteiger partial charge in [-0.25, -0.2) is 13.1 Å². The zero-order chi connectivity index (χ0) is 19.3. The van der Waals surface area contributed by atoms with Crippen molar-refractivity contribution in [1.29, 1.82) is 0 Å². The minimum Gasteiger partial charge on any atom is -0.355 e. The summed E-state index contributed by atoms with van der Waals surface area (Å²) in [7, 11) is -3.56. The molecule has 2 atom stereocenters. The average Bonchev–Trinajstić information content (AvgIpc) is 3.31. The highest BCUT2D eigenvalue weighted by Crippen LogP contribution is 2.27. The van der Waals surface area contributed by atoms with E-state index in [2.05, 4.69) is 20.2 Å². The summed E-state index contributed by atoms with van der Waals surface area (Å²) in [5, 5.41) is 6.69. The lowest BCUT2D eigenvalue weighted by Gasteiger charge is -2.14.